The molecule has 0 radical (unpaired) electrons. The largest absolute Gasteiger partial charge is 0.339 e. The number of hydrogen-bond acceptors (Lipinski definition) is 4. The van der Waals surface area contributed by atoms with Gasteiger partial charge in [-0.3, -0.25) is 9.59 Å². The molecule has 114 valence electrons. The molecule has 2 amide bonds. The number of carbonyl (C=O) groups excluding carboxylic acids is 2. The van der Waals surface area contributed by atoms with Crippen LogP contribution in [0.1, 0.15) is 23.7 Å². The molecule has 2 aliphatic rings. The third-order valence-corrected chi connectivity index (χ3v) is 5.19. The second-order valence-electron chi connectivity index (χ2n) is 6.08. The number of carbonyl (C=O) groups is 2. The summed E-state index contributed by atoms with van der Waals surface area (Å²) in [5, 5.41) is 7.07. The Balaban J connectivity index is 1.58. The van der Waals surface area contributed by atoms with Crippen molar-refractivity contribution in [2.75, 3.05) is 39.3 Å². The van der Waals surface area contributed by atoms with E-state index in [1.807, 2.05) is 33.6 Å². The summed E-state index contributed by atoms with van der Waals surface area (Å²) in [6, 6.07) is 1.86. The first-order valence-corrected chi connectivity index (χ1v) is 8.36. The van der Waals surface area contributed by atoms with Gasteiger partial charge in [0.1, 0.15) is 0 Å². The highest BCUT2D eigenvalue weighted by Gasteiger charge is 2.40. The third-order valence-electron chi connectivity index (χ3n) is 4.51. The van der Waals surface area contributed by atoms with Crippen LogP contribution in [0.4, 0.5) is 0 Å². The second-order valence-corrected chi connectivity index (χ2v) is 6.86. The van der Waals surface area contributed by atoms with Crippen LogP contribution in [0.3, 0.4) is 0 Å². The summed E-state index contributed by atoms with van der Waals surface area (Å²) in [5.41, 5.74) is 0.492. The third kappa shape index (κ3) is 2.82. The molecular weight excluding hydrogens is 286 g/mol. The summed E-state index contributed by atoms with van der Waals surface area (Å²) in [6.07, 6.45) is 0.903. The van der Waals surface area contributed by atoms with Crippen molar-refractivity contribution in [3.63, 3.8) is 0 Å². The lowest BCUT2D eigenvalue weighted by molar-refractivity contribution is -0.141. The molecule has 1 unspecified atom stereocenters. The highest BCUT2D eigenvalue weighted by molar-refractivity contribution is 7.08. The maximum Gasteiger partial charge on any atom is 0.254 e. The molecule has 3 rings (SSSR count). The van der Waals surface area contributed by atoms with Crippen LogP contribution in [0.5, 0.6) is 0 Å². The lowest BCUT2D eigenvalue weighted by Gasteiger charge is -2.38. The monoisotopic (exact) mass is 307 g/mol. The summed E-state index contributed by atoms with van der Waals surface area (Å²) >= 11 is 1.53. The number of thiophene rings is 1. The predicted octanol–water partition coefficient (Wildman–Crippen LogP) is 1.03. The van der Waals surface area contributed by atoms with Gasteiger partial charge in [-0.05, 0) is 31.3 Å². The zero-order valence-corrected chi connectivity index (χ0v) is 13.1. The SMILES string of the molecule is CC1(C(=O)N2CCN(C(=O)c3ccsc3)CC2)CCNC1. The van der Waals surface area contributed by atoms with Crippen LogP contribution in [0.15, 0.2) is 16.8 Å². The number of piperazine rings is 1. The smallest absolute Gasteiger partial charge is 0.254 e. The minimum Gasteiger partial charge on any atom is -0.339 e. The summed E-state index contributed by atoms with van der Waals surface area (Å²) in [6.45, 7) is 6.26. The molecule has 2 fully saturated rings. The molecule has 0 aliphatic carbocycles. The fourth-order valence-corrected chi connectivity index (χ4v) is 3.69. The molecule has 21 heavy (non-hydrogen) atoms. The fraction of sp³-hybridized carbons (Fsp3) is 0.600. The van der Waals surface area contributed by atoms with Crippen LogP contribution in [0, 0.1) is 5.41 Å². The maximum absolute atomic E-state index is 12.6. The van der Waals surface area contributed by atoms with Crippen LogP contribution < -0.4 is 5.32 Å². The van der Waals surface area contributed by atoms with Gasteiger partial charge in [0.25, 0.3) is 5.91 Å². The van der Waals surface area contributed by atoms with E-state index in [1.54, 1.807) is 0 Å². The van der Waals surface area contributed by atoms with Crippen LogP contribution in [0.25, 0.3) is 0 Å². The summed E-state index contributed by atoms with van der Waals surface area (Å²) in [4.78, 5) is 28.7. The molecule has 1 N–H and O–H groups in total. The van der Waals surface area contributed by atoms with Crippen molar-refractivity contribution in [3.8, 4) is 0 Å². The van der Waals surface area contributed by atoms with Gasteiger partial charge in [0, 0.05) is 38.1 Å². The van der Waals surface area contributed by atoms with Crippen molar-refractivity contribution in [2.24, 2.45) is 5.41 Å². The van der Waals surface area contributed by atoms with Gasteiger partial charge in [-0.15, -0.1) is 0 Å². The topological polar surface area (TPSA) is 52.7 Å². The first kappa shape index (κ1) is 14.5. The molecule has 1 aromatic rings. The fourth-order valence-electron chi connectivity index (χ4n) is 3.06. The van der Waals surface area contributed by atoms with Crippen molar-refractivity contribution in [3.05, 3.63) is 22.4 Å². The molecule has 2 saturated heterocycles. The van der Waals surface area contributed by atoms with Gasteiger partial charge in [-0.2, -0.15) is 11.3 Å². The number of rotatable bonds is 2. The highest BCUT2D eigenvalue weighted by Crippen LogP contribution is 2.27. The highest BCUT2D eigenvalue weighted by atomic mass is 32.1. The number of nitrogens with one attached hydrogen (secondary N) is 1. The zero-order valence-electron chi connectivity index (χ0n) is 12.3. The molecule has 3 heterocycles. The molecule has 5 nitrogen and oxygen atoms in total. The first-order valence-electron chi connectivity index (χ1n) is 7.42. The van der Waals surface area contributed by atoms with E-state index in [0.29, 0.717) is 26.2 Å². The molecule has 0 saturated carbocycles. The molecule has 1 aromatic heterocycles. The van der Waals surface area contributed by atoms with Gasteiger partial charge in [-0.1, -0.05) is 0 Å². The van der Waals surface area contributed by atoms with Crippen LogP contribution in [-0.4, -0.2) is 60.9 Å². The van der Waals surface area contributed by atoms with Crippen molar-refractivity contribution < 1.29 is 9.59 Å². The molecule has 2 aliphatic heterocycles. The van der Waals surface area contributed by atoms with Gasteiger partial charge in [0.2, 0.25) is 5.91 Å². The minimum atomic E-state index is -0.264. The normalized spacial score (nSPS) is 26.1. The minimum absolute atomic E-state index is 0.0806. The quantitative estimate of drug-likeness (QED) is 0.888. The van der Waals surface area contributed by atoms with E-state index >= 15 is 0 Å². The Morgan fingerprint density at radius 3 is 2.52 bits per heavy atom. The number of nitrogens with zero attached hydrogens (tertiary/aromatic N) is 2. The van der Waals surface area contributed by atoms with Crippen molar-refractivity contribution in [2.45, 2.75) is 13.3 Å². The maximum atomic E-state index is 12.6. The van der Waals surface area contributed by atoms with Gasteiger partial charge in [0.15, 0.2) is 0 Å². The Morgan fingerprint density at radius 1 is 1.24 bits per heavy atom. The van der Waals surface area contributed by atoms with Gasteiger partial charge >= 0.3 is 0 Å². The van der Waals surface area contributed by atoms with Gasteiger partial charge in [-0.25, -0.2) is 0 Å². The van der Waals surface area contributed by atoms with E-state index in [-0.39, 0.29) is 17.2 Å². The van der Waals surface area contributed by atoms with E-state index in [9.17, 15) is 9.59 Å². The van der Waals surface area contributed by atoms with Crippen LogP contribution in [-0.2, 0) is 4.79 Å². The Labute approximate surface area is 128 Å². The van der Waals surface area contributed by atoms with E-state index < -0.39 is 0 Å². The van der Waals surface area contributed by atoms with E-state index in [1.165, 1.54) is 11.3 Å². The molecule has 0 bridgehead atoms. The lowest BCUT2D eigenvalue weighted by Crippen LogP contribution is -2.54. The van der Waals surface area contributed by atoms with Crippen molar-refractivity contribution in [1.82, 2.24) is 15.1 Å². The Morgan fingerprint density at radius 2 is 1.95 bits per heavy atom. The van der Waals surface area contributed by atoms with Crippen molar-refractivity contribution >= 4 is 23.2 Å². The Kier molecular flexibility index (Phi) is 3.99. The standard InChI is InChI=1S/C15H21N3O2S/c1-15(3-4-16-11-15)14(20)18-7-5-17(6-8-18)13(19)12-2-9-21-10-12/h2,9-10,16H,3-8,11H2,1H3. The van der Waals surface area contributed by atoms with Crippen molar-refractivity contribution in [1.29, 1.82) is 0 Å². The summed E-state index contributed by atoms with van der Waals surface area (Å²) < 4.78 is 0. The predicted molar refractivity (Wildman–Crippen MR) is 82.4 cm³/mol. The summed E-state index contributed by atoms with van der Waals surface area (Å²) in [5.74, 6) is 0.312. The average Bonchev–Trinajstić information content (AvgIpc) is 3.18. The van der Waals surface area contributed by atoms with E-state index in [0.717, 1.165) is 25.1 Å². The second kappa shape index (κ2) is 5.77. The Hall–Kier alpha value is -1.40. The molecule has 0 aromatic carbocycles. The van der Waals surface area contributed by atoms with Crippen LogP contribution in [0.2, 0.25) is 0 Å². The van der Waals surface area contributed by atoms with E-state index in [4.69, 9.17) is 0 Å². The Bertz CT molecular complexity index is 515. The number of hydrogen-bond donors (Lipinski definition) is 1. The van der Waals surface area contributed by atoms with E-state index in [2.05, 4.69) is 5.32 Å². The summed E-state index contributed by atoms with van der Waals surface area (Å²) in [7, 11) is 0. The molecule has 1 atom stereocenters. The first-order chi connectivity index (χ1) is 10.1. The number of amides is 2. The van der Waals surface area contributed by atoms with Gasteiger partial charge in [0.05, 0.1) is 11.0 Å². The average molecular weight is 307 g/mol. The molecular formula is C15H21N3O2S. The van der Waals surface area contributed by atoms with Gasteiger partial charge < -0.3 is 15.1 Å². The zero-order chi connectivity index (χ0) is 14.9. The molecule has 0 spiro atoms. The molecule has 6 heteroatoms. The van der Waals surface area contributed by atoms with Crippen LogP contribution >= 0.6 is 11.3 Å². The lowest BCUT2D eigenvalue weighted by atomic mass is 9.88.